The zero-order chi connectivity index (χ0) is 19.1. The molecule has 0 aliphatic carbocycles. The first-order chi connectivity index (χ1) is 13.1. The molecular formula is C21H34ClN5. The normalized spacial score (nSPS) is 21.8. The Bertz CT molecular complexity index is 619. The van der Waals surface area contributed by atoms with Crippen LogP contribution in [-0.2, 0) is 6.54 Å². The van der Waals surface area contributed by atoms with Gasteiger partial charge in [0, 0.05) is 30.7 Å². The van der Waals surface area contributed by atoms with Gasteiger partial charge < -0.3 is 15.5 Å². The fourth-order valence-electron chi connectivity index (χ4n) is 4.31. The van der Waals surface area contributed by atoms with Crippen molar-refractivity contribution in [2.75, 3.05) is 46.8 Å². The number of halogens is 1. The molecule has 5 nitrogen and oxygen atoms in total. The van der Waals surface area contributed by atoms with Crippen molar-refractivity contribution in [2.45, 2.75) is 44.2 Å². The van der Waals surface area contributed by atoms with E-state index in [0.29, 0.717) is 0 Å². The van der Waals surface area contributed by atoms with Crippen molar-refractivity contribution in [3.05, 3.63) is 34.9 Å². The molecule has 0 atom stereocenters. The highest BCUT2D eigenvalue weighted by Gasteiger charge is 2.39. The lowest BCUT2D eigenvalue weighted by Crippen LogP contribution is -2.62. The summed E-state index contributed by atoms with van der Waals surface area (Å²) in [6.45, 7) is 6.50. The molecule has 2 saturated heterocycles. The van der Waals surface area contributed by atoms with Gasteiger partial charge in [-0.3, -0.25) is 9.89 Å². The summed E-state index contributed by atoms with van der Waals surface area (Å²) >= 11 is 6.09. The van der Waals surface area contributed by atoms with Crippen LogP contribution < -0.4 is 10.6 Å². The summed E-state index contributed by atoms with van der Waals surface area (Å²) < 4.78 is 0. The molecular weight excluding hydrogens is 358 g/mol. The van der Waals surface area contributed by atoms with Gasteiger partial charge in [0.05, 0.1) is 0 Å². The zero-order valence-electron chi connectivity index (χ0n) is 16.8. The van der Waals surface area contributed by atoms with E-state index in [9.17, 15) is 0 Å². The maximum absolute atomic E-state index is 6.09. The van der Waals surface area contributed by atoms with Gasteiger partial charge in [0.25, 0.3) is 0 Å². The molecule has 0 saturated carbocycles. The molecule has 150 valence electrons. The number of nitrogens with one attached hydrogen (secondary N) is 2. The predicted molar refractivity (Wildman–Crippen MR) is 115 cm³/mol. The maximum atomic E-state index is 6.09. The molecule has 0 bridgehead atoms. The fraction of sp³-hybridized carbons (Fsp3) is 0.667. The number of aliphatic imine (C=N–C) groups is 1. The standard InChI is InChI=1S/C21H34ClN5/c1-23-20(24-16-18-7-6-8-19(22)15-18)25-17-21(9-13-26(2)14-10-21)27-11-4-3-5-12-27/h6-8,15H,3-5,9-14,16-17H2,1-2H3,(H2,23,24,25). The minimum absolute atomic E-state index is 0.251. The van der Waals surface area contributed by atoms with Crippen molar-refractivity contribution in [1.82, 2.24) is 20.4 Å². The third-order valence-corrected chi connectivity index (χ3v) is 6.34. The Kier molecular flexibility index (Phi) is 7.39. The second-order valence-electron chi connectivity index (χ2n) is 7.98. The summed E-state index contributed by atoms with van der Waals surface area (Å²) in [5, 5.41) is 7.83. The lowest BCUT2D eigenvalue weighted by molar-refractivity contribution is 0.0173. The van der Waals surface area contributed by atoms with E-state index in [0.717, 1.165) is 29.6 Å². The molecule has 3 rings (SSSR count). The summed E-state index contributed by atoms with van der Waals surface area (Å²) in [6.07, 6.45) is 6.49. The van der Waals surface area contributed by atoms with Crippen LogP contribution in [0.25, 0.3) is 0 Å². The van der Waals surface area contributed by atoms with E-state index < -0.39 is 0 Å². The Morgan fingerprint density at radius 1 is 1.11 bits per heavy atom. The number of benzene rings is 1. The van der Waals surface area contributed by atoms with Crippen molar-refractivity contribution >= 4 is 17.6 Å². The number of rotatable bonds is 5. The van der Waals surface area contributed by atoms with Gasteiger partial charge in [-0.25, -0.2) is 0 Å². The SMILES string of the molecule is CN=C(NCc1cccc(Cl)c1)NCC1(N2CCCCC2)CCN(C)CC1. The minimum Gasteiger partial charge on any atom is -0.355 e. The molecule has 0 unspecified atom stereocenters. The Labute approximate surface area is 169 Å². The average molecular weight is 392 g/mol. The number of nitrogens with zero attached hydrogens (tertiary/aromatic N) is 3. The van der Waals surface area contributed by atoms with E-state index in [-0.39, 0.29) is 5.54 Å². The van der Waals surface area contributed by atoms with Gasteiger partial charge >= 0.3 is 0 Å². The van der Waals surface area contributed by atoms with Crippen LogP contribution in [0.15, 0.2) is 29.3 Å². The van der Waals surface area contributed by atoms with Crippen LogP contribution in [0.1, 0.15) is 37.7 Å². The van der Waals surface area contributed by atoms with E-state index in [2.05, 4.69) is 38.5 Å². The largest absolute Gasteiger partial charge is 0.355 e. The van der Waals surface area contributed by atoms with Gasteiger partial charge in [-0.1, -0.05) is 30.2 Å². The molecule has 27 heavy (non-hydrogen) atoms. The molecule has 2 aliphatic heterocycles. The van der Waals surface area contributed by atoms with Crippen molar-refractivity contribution in [2.24, 2.45) is 4.99 Å². The summed E-state index contributed by atoms with van der Waals surface area (Å²) in [5.41, 5.74) is 1.41. The van der Waals surface area contributed by atoms with E-state index in [1.165, 1.54) is 58.3 Å². The first kappa shape index (κ1) is 20.4. The van der Waals surface area contributed by atoms with Gasteiger partial charge in [0.15, 0.2) is 5.96 Å². The van der Waals surface area contributed by atoms with Crippen LogP contribution in [-0.4, -0.2) is 68.1 Å². The van der Waals surface area contributed by atoms with E-state index >= 15 is 0 Å². The second kappa shape index (κ2) is 9.76. The van der Waals surface area contributed by atoms with Crippen LogP contribution in [0.4, 0.5) is 0 Å². The molecule has 2 aliphatic rings. The first-order valence-electron chi connectivity index (χ1n) is 10.2. The van der Waals surface area contributed by atoms with Crippen LogP contribution in [0.2, 0.25) is 5.02 Å². The number of hydrogen-bond donors (Lipinski definition) is 2. The molecule has 0 aromatic heterocycles. The Hall–Kier alpha value is -1.30. The number of likely N-dealkylation sites (tertiary alicyclic amines) is 2. The average Bonchev–Trinajstić information content (AvgIpc) is 2.70. The fourth-order valence-corrected chi connectivity index (χ4v) is 4.52. The molecule has 2 N–H and O–H groups in total. The molecule has 0 amide bonds. The topological polar surface area (TPSA) is 42.9 Å². The highest BCUT2D eigenvalue weighted by atomic mass is 35.5. The van der Waals surface area contributed by atoms with Crippen LogP contribution in [0.5, 0.6) is 0 Å². The van der Waals surface area contributed by atoms with Gasteiger partial charge in [-0.05, 0) is 76.6 Å². The Morgan fingerprint density at radius 3 is 2.52 bits per heavy atom. The molecule has 6 heteroatoms. The lowest BCUT2D eigenvalue weighted by Gasteiger charge is -2.50. The molecule has 0 radical (unpaired) electrons. The summed E-state index contributed by atoms with van der Waals surface area (Å²) in [4.78, 5) is 9.64. The van der Waals surface area contributed by atoms with E-state index in [4.69, 9.17) is 11.6 Å². The summed E-state index contributed by atoms with van der Waals surface area (Å²) in [6, 6.07) is 7.96. The van der Waals surface area contributed by atoms with Crippen molar-refractivity contribution in [1.29, 1.82) is 0 Å². The van der Waals surface area contributed by atoms with Crippen molar-refractivity contribution in [3.8, 4) is 0 Å². The van der Waals surface area contributed by atoms with Gasteiger partial charge in [0.1, 0.15) is 0 Å². The number of piperidine rings is 2. The smallest absolute Gasteiger partial charge is 0.191 e. The predicted octanol–water partition coefficient (Wildman–Crippen LogP) is 2.96. The third kappa shape index (κ3) is 5.59. The molecule has 2 heterocycles. The summed E-state index contributed by atoms with van der Waals surface area (Å²) in [7, 11) is 4.08. The maximum Gasteiger partial charge on any atom is 0.191 e. The van der Waals surface area contributed by atoms with Crippen LogP contribution in [0.3, 0.4) is 0 Å². The third-order valence-electron chi connectivity index (χ3n) is 6.10. The summed E-state index contributed by atoms with van der Waals surface area (Å²) in [5.74, 6) is 0.866. The van der Waals surface area contributed by atoms with E-state index in [1.807, 2.05) is 25.2 Å². The highest BCUT2D eigenvalue weighted by Crippen LogP contribution is 2.30. The molecule has 0 spiro atoms. The van der Waals surface area contributed by atoms with E-state index in [1.54, 1.807) is 0 Å². The monoisotopic (exact) mass is 391 g/mol. The molecule has 2 fully saturated rings. The van der Waals surface area contributed by atoms with Crippen LogP contribution in [0, 0.1) is 0 Å². The highest BCUT2D eigenvalue weighted by molar-refractivity contribution is 6.30. The second-order valence-corrected chi connectivity index (χ2v) is 8.42. The van der Waals surface area contributed by atoms with Gasteiger partial charge in [-0.2, -0.15) is 0 Å². The molecule has 1 aromatic carbocycles. The van der Waals surface area contributed by atoms with Crippen molar-refractivity contribution in [3.63, 3.8) is 0 Å². The number of guanidine groups is 1. The first-order valence-corrected chi connectivity index (χ1v) is 10.6. The zero-order valence-corrected chi connectivity index (χ0v) is 17.6. The Morgan fingerprint density at radius 2 is 1.85 bits per heavy atom. The quantitative estimate of drug-likeness (QED) is 0.598. The lowest BCUT2D eigenvalue weighted by atomic mass is 9.84. The number of hydrogen-bond acceptors (Lipinski definition) is 3. The van der Waals surface area contributed by atoms with Gasteiger partial charge in [-0.15, -0.1) is 0 Å². The van der Waals surface area contributed by atoms with Crippen LogP contribution >= 0.6 is 11.6 Å². The molecule has 1 aromatic rings. The minimum atomic E-state index is 0.251. The van der Waals surface area contributed by atoms with Gasteiger partial charge in [0.2, 0.25) is 0 Å². The Balaban J connectivity index is 1.59. The van der Waals surface area contributed by atoms with Crippen molar-refractivity contribution < 1.29 is 0 Å².